The maximum Gasteiger partial charge on any atom is 0.326 e. The molecule has 1 saturated carbocycles. The highest BCUT2D eigenvalue weighted by molar-refractivity contribution is 6.07. The van der Waals surface area contributed by atoms with Gasteiger partial charge in [-0.3, -0.25) is 14.5 Å². The second-order valence-electron chi connectivity index (χ2n) is 8.63. The average molecular weight is 416 g/mol. The van der Waals surface area contributed by atoms with Crippen LogP contribution in [-0.4, -0.2) is 65.9 Å². The normalized spacial score (nSPS) is 22.3. The Balaban J connectivity index is 1.36. The molecule has 0 aromatic heterocycles. The molecule has 2 heterocycles. The largest absolute Gasteiger partial charge is 0.367 e. The van der Waals surface area contributed by atoms with Crippen LogP contribution in [0.2, 0.25) is 0 Å². The lowest BCUT2D eigenvalue weighted by Crippen LogP contribution is -2.52. The standard InChI is InChI=1S/C22H29FN4O3/c1-16(28)17-6-7-19(18(23)14-17)26-12-10-25(11-13-26)15-27-20(29)22(24-21(27)30)8-4-2-3-5-9-22/h6-7,14H,2-5,8-13,15H2,1H3,(H,24,30). The van der Waals surface area contributed by atoms with Gasteiger partial charge in [0.1, 0.15) is 11.4 Å². The molecule has 3 fully saturated rings. The molecule has 8 heteroatoms. The molecule has 0 bridgehead atoms. The molecule has 162 valence electrons. The van der Waals surface area contributed by atoms with Crippen LogP contribution in [0.25, 0.3) is 0 Å². The van der Waals surface area contributed by atoms with Gasteiger partial charge in [0.05, 0.1) is 12.4 Å². The second kappa shape index (κ2) is 8.34. The van der Waals surface area contributed by atoms with E-state index in [-0.39, 0.29) is 24.4 Å². The van der Waals surface area contributed by atoms with Crippen molar-refractivity contribution in [3.8, 4) is 0 Å². The number of halogens is 1. The van der Waals surface area contributed by atoms with Crippen LogP contribution in [0.4, 0.5) is 14.9 Å². The molecule has 1 aromatic rings. The Labute approximate surface area is 176 Å². The first kappa shape index (κ1) is 20.8. The summed E-state index contributed by atoms with van der Waals surface area (Å²) in [5.41, 5.74) is 0.129. The van der Waals surface area contributed by atoms with Crippen LogP contribution < -0.4 is 10.2 Å². The number of ketones is 1. The summed E-state index contributed by atoms with van der Waals surface area (Å²) in [5, 5.41) is 2.98. The highest BCUT2D eigenvalue weighted by atomic mass is 19.1. The van der Waals surface area contributed by atoms with Gasteiger partial charge in [0.2, 0.25) is 0 Å². The van der Waals surface area contributed by atoms with Crippen LogP contribution in [0.5, 0.6) is 0 Å². The van der Waals surface area contributed by atoms with Crippen LogP contribution >= 0.6 is 0 Å². The fraction of sp³-hybridized carbons (Fsp3) is 0.591. The highest BCUT2D eigenvalue weighted by Gasteiger charge is 2.51. The van der Waals surface area contributed by atoms with E-state index < -0.39 is 11.4 Å². The third-order valence-corrected chi connectivity index (χ3v) is 6.61. The summed E-state index contributed by atoms with van der Waals surface area (Å²) >= 11 is 0. The molecule has 3 aliphatic rings. The summed E-state index contributed by atoms with van der Waals surface area (Å²) in [6.07, 6.45) is 5.58. The Bertz CT molecular complexity index is 843. The minimum atomic E-state index is -0.711. The molecular formula is C22H29FN4O3. The van der Waals surface area contributed by atoms with Crippen molar-refractivity contribution in [2.24, 2.45) is 0 Å². The topological polar surface area (TPSA) is 73.0 Å². The van der Waals surface area contributed by atoms with E-state index in [1.165, 1.54) is 17.9 Å². The van der Waals surface area contributed by atoms with Gasteiger partial charge < -0.3 is 10.2 Å². The number of hydrogen-bond acceptors (Lipinski definition) is 5. The van der Waals surface area contributed by atoms with Gasteiger partial charge >= 0.3 is 6.03 Å². The molecule has 2 aliphatic heterocycles. The highest BCUT2D eigenvalue weighted by Crippen LogP contribution is 2.33. The molecule has 1 spiro atoms. The van der Waals surface area contributed by atoms with Crippen molar-refractivity contribution in [2.45, 2.75) is 51.0 Å². The minimum absolute atomic E-state index is 0.0947. The molecule has 0 radical (unpaired) electrons. The number of carbonyl (C=O) groups is 3. The Hall–Kier alpha value is -2.48. The number of imide groups is 1. The maximum atomic E-state index is 14.4. The van der Waals surface area contributed by atoms with E-state index in [1.54, 1.807) is 12.1 Å². The van der Waals surface area contributed by atoms with Crippen molar-refractivity contribution in [3.63, 3.8) is 0 Å². The number of urea groups is 1. The molecular weight excluding hydrogens is 387 g/mol. The van der Waals surface area contributed by atoms with Crippen molar-refractivity contribution >= 4 is 23.4 Å². The lowest BCUT2D eigenvalue weighted by Gasteiger charge is -2.37. The maximum absolute atomic E-state index is 14.4. The summed E-state index contributed by atoms with van der Waals surface area (Å²) in [6, 6.07) is 4.28. The zero-order chi connectivity index (χ0) is 21.3. The molecule has 30 heavy (non-hydrogen) atoms. The molecule has 2 saturated heterocycles. The Morgan fingerprint density at radius 2 is 1.73 bits per heavy atom. The summed E-state index contributed by atoms with van der Waals surface area (Å²) in [6.45, 7) is 4.11. The summed E-state index contributed by atoms with van der Waals surface area (Å²) in [4.78, 5) is 42.4. The smallest absolute Gasteiger partial charge is 0.326 e. The van der Waals surface area contributed by atoms with Gasteiger partial charge in [-0.2, -0.15) is 0 Å². The number of piperazine rings is 1. The molecule has 1 aromatic carbocycles. The second-order valence-corrected chi connectivity index (χ2v) is 8.63. The number of rotatable bonds is 4. The van der Waals surface area contributed by atoms with E-state index in [9.17, 15) is 18.8 Å². The van der Waals surface area contributed by atoms with E-state index in [4.69, 9.17) is 0 Å². The predicted molar refractivity (Wildman–Crippen MR) is 111 cm³/mol. The third kappa shape index (κ3) is 3.93. The van der Waals surface area contributed by atoms with Gasteiger partial charge in [-0.25, -0.2) is 14.1 Å². The molecule has 0 atom stereocenters. The molecule has 3 amide bonds. The van der Waals surface area contributed by atoms with Gasteiger partial charge in [-0.15, -0.1) is 0 Å². The van der Waals surface area contributed by atoms with Gasteiger partial charge in [0.15, 0.2) is 5.78 Å². The molecule has 4 rings (SSSR count). The van der Waals surface area contributed by atoms with Gasteiger partial charge in [0.25, 0.3) is 5.91 Å². The number of Topliss-reactive ketones (excluding diaryl/α,β-unsaturated/α-hetero) is 1. The minimum Gasteiger partial charge on any atom is -0.367 e. The fourth-order valence-electron chi connectivity index (χ4n) is 4.79. The van der Waals surface area contributed by atoms with Crippen LogP contribution in [0.3, 0.4) is 0 Å². The Morgan fingerprint density at radius 1 is 1.07 bits per heavy atom. The van der Waals surface area contributed by atoms with Crippen LogP contribution in [-0.2, 0) is 4.79 Å². The van der Waals surface area contributed by atoms with Gasteiger partial charge in [-0.1, -0.05) is 25.7 Å². The predicted octanol–water partition coefficient (Wildman–Crippen LogP) is 2.75. The summed E-state index contributed by atoms with van der Waals surface area (Å²) in [7, 11) is 0. The summed E-state index contributed by atoms with van der Waals surface area (Å²) < 4.78 is 14.4. The molecule has 1 N–H and O–H groups in total. The van der Waals surface area contributed by atoms with Crippen molar-refractivity contribution in [1.29, 1.82) is 0 Å². The van der Waals surface area contributed by atoms with Crippen molar-refractivity contribution in [1.82, 2.24) is 15.1 Å². The van der Waals surface area contributed by atoms with Crippen molar-refractivity contribution in [2.75, 3.05) is 37.7 Å². The Morgan fingerprint density at radius 3 is 2.33 bits per heavy atom. The molecule has 7 nitrogen and oxygen atoms in total. The van der Waals surface area contributed by atoms with E-state index in [0.717, 1.165) is 38.5 Å². The van der Waals surface area contributed by atoms with Gasteiger partial charge in [0, 0.05) is 31.7 Å². The van der Waals surface area contributed by atoms with E-state index in [0.29, 0.717) is 37.4 Å². The number of amides is 3. The van der Waals surface area contributed by atoms with E-state index >= 15 is 0 Å². The number of anilines is 1. The van der Waals surface area contributed by atoms with Crippen LogP contribution in [0, 0.1) is 5.82 Å². The van der Waals surface area contributed by atoms with Crippen LogP contribution in [0.1, 0.15) is 55.8 Å². The van der Waals surface area contributed by atoms with Crippen molar-refractivity contribution in [3.05, 3.63) is 29.6 Å². The first-order valence-corrected chi connectivity index (χ1v) is 10.8. The zero-order valence-corrected chi connectivity index (χ0v) is 17.5. The quantitative estimate of drug-likeness (QED) is 0.604. The number of benzene rings is 1. The zero-order valence-electron chi connectivity index (χ0n) is 17.5. The Kier molecular flexibility index (Phi) is 5.77. The van der Waals surface area contributed by atoms with Crippen LogP contribution in [0.15, 0.2) is 18.2 Å². The fourth-order valence-corrected chi connectivity index (χ4v) is 4.79. The average Bonchev–Trinajstić information content (AvgIpc) is 2.89. The van der Waals surface area contributed by atoms with E-state index in [2.05, 4.69) is 10.2 Å². The first-order chi connectivity index (χ1) is 14.4. The number of carbonyl (C=O) groups excluding carboxylic acids is 3. The number of hydrogen-bond donors (Lipinski definition) is 1. The van der Waals surface area contributed by atoms with Gasteiger partial charge in [-0.05, 0) is 38.0 Å². The molecule has 0 unspecified atom stereocenters. The monoisotopic (exact) mass is 416 g/mol. The lowest BCUT2D eigenvalue weighted by atomic mass is 9.90. The number of nitrogens with zero attached hydrogens (tertiary/aromatic N) is 3. The summed E-state index contributed by atoms with van der Waals surface area (Å²) in [5.74, 6) is -0.659. The number of nitrogens with one attached hydrogen (secondary N) is 1. The first-order valence-electron chi connectivity index (χ1n) is 10.8. The lowest BCUT2D eigenvalue weighted by molar-refractivity contribution is -0.133. The van der Waals surface area contributed by atoms with E-state index in [1.807, 2.05) is 4.90 Å². The molecule has 1 aliphatic carbocycles. The SMILES string of the molecule is CC(=O)c1ccc(N2CCN(CN3C(=O)NC4(CCCCCC4)C3=O)CC2)c(F)c1. The third-order valence-electron chi connectivity index (χ3n) is 6.61. The van der Waals surface area contributed by atoms with Crippen molar-refractivity contribution < 1.29 is 18.8 Å².